The molecule has 0 aromatic heterocycles. The van der Waals surface area contributed by atoms with Crippen LogP contribution in [-0.4, -0.2) is 19.3 Å². The fourth-order valence-corrected chi connectivity index (χ4v) is 1.04. The fraction of sp³-hybridized carbons (Fsp3) is 1.00. The molecule has 0 aromatic carbocycles. The van der Waals surface area contributed by atoms with Gasteiger partial charge in [0.05, 0.1) is 0 Å². The van der Waals surface area contributed by atoms with Crippen LogP contribution in [0.15, 0.2) is 0 Å². The van der Waals surface area contributed by atoms with Crippen LogP contribution < -0.4 is 5.73 Å². The first-order valence-corrected chi connectivity index (χ1v) is 4.40. The molecule has 0 aliphatic carbocycles. The van der Waals surface area contributed by atoms with Crippen molar-refractivity contribution in [1.29, 1.82) is 0 Å². The molecule has 2 nitrogen and oxygen atoms in total. The first kappa shape index (κ1) is 10.9. The molecule has 1 unspecified atom stereocenters. The minimum Gasteiger partial charge on any atom is -0.385 e. The van der Waals surface area contributed by atoms with E-state index >= 15 is 0 Å². The molecule has 0 aromatic rings. The van der Waals surface area contributed by atoms with Gasteiger partial charge in [0.2, 0.25) is 0 Å². The number of methoxy groups -OCH3 is 1. The summed E-state index contributed by atoms with van der Waals surface area (Å²) in [5, 5.41) is 0. The Bertz CT molecular complexity index is 81.6. The van der Waals surface area contributed by atoms with Gasteiger partial charge < -0.3 is 10.5 Å². The van der Waals surface area contributed by atoms with Crippen molar-refractivity contribution in [2.45, 2.75) is 45.1 Å². The summed E-state index contributed by atoms with van der Waals surface area (Å²) in [6, 6.07) is 0. The van der Waals surface area contributed by atoms with E-state index in [0.717, 1.165) is 19.4 Å². The summed E-state index contributed by atoms with van der Waals surface area (Å²) in [6.07, 6.45) is 4.51. The van der Waals surface area contributed by atoms with Gasteiger partial charge in [0.15, 0.2) is 0 Å². The zero-order chi connectivity index (χ0) is 8.74. The summed E-state index contributed by atoms with van der Waals surface area (Å²) in [6.45, 7) is 5.06. The summed E-state index contributed by atoms with van der Waals surface area (Å²) in [5.74, 6) is 0. The quantitative estimate of drug-likeness (QED) is 0.642. The highest BCUT2D eigenvalue weighted by atomic mass is 16.5. The summed E-state index contributed by atoms with van der Waals surface area (Å²) in [5.41, 5.74) is 5.99. The van der Waals surface area contributed by atoms with Crippen LogP contribution in [0.3, 0.4) is 0 Å². The molecule has 0 heterocycles. The highest BCUT2D eigenvalue weighted by molar-refractivity contribution is 4.77. The lowest BCUT2D eigenvalue weighted by Crippen LogP contribution is -2.37. The van der Waals surface area contributed by atoms with Crippen molar-refractivity contribution in [3.8, 4) is 0 Å². The van der Waals surface area contributed by atoms with E-state index in [0.29, 0.717) is 0 Å². The van der Waals surface area contributed by atoms with E-state index in [2.05, 4.69) is 13.8 Å². The lowest BCUT2D eigenvalue weighted by molar-refractivity contribution is 0.168. The number of ether oxygens (including phenoxy) is 1. The third-order valence-electron chi connectivity index (χ3n) is 1.98. The van der Waals surface area contributed by atoms with Gasteiger partial charge in [-0.3, -0.25) is 0 Å². The summed E-state index contributed by atoms with van der Waals surface area (Å²) in [7, 11) is 1.72. The van der Waals surface area contributed by atoms with Crippen LogP contribution in [0.4, 0.5) is 0 Å². The van der Waals surface area contributed by atoms with E-state index in [1.165, 1.54) is 12.8 Å². The van der Waals surface area contributed by atoms with Crippen molar-refractivity contribution in [3.63, 3.8) is 0 Å². The lowest BCUT2D eigenvalue weighted by atomic mass is 9.93. The van der Waals surface area contributed by atoms with Crippen LogP contribution in [0, 0.1) is 0 Å². The maximum Gasteiger partial charge on any atom is 0.0479 e. The predicted octanol–water partition coefficient (Wildman–Crippen LogP) is 1.93. The van der Waals surface area contributed by atoms with Crippen molar-refractivity contribution in [3.05, 3.63) is 0 Å². The molecule has 2 heteroatoms. The highest BCUT2D eigenvalue weighted by Crippen LogP contribution is 2.14. The molecule has 0 saturated carbocycles. The molecule has 0 radical (unpaired) electrons. The largest absolute Gasteiger partial charge is 0.385 e. The molecule has 0 saturated heterocycles. The molecule has 0 aliphatic rings. The Morgan fingerprint density at radius 2 is 2.00 bits per heavy atom. The molecule has 0 aliphatic heterocycles. The van der Waals surface area contributed by atoms with Gasteiger partial charge in [-0.2, -0.15) is 0 Å². The van der Waals surface area contributed by atoms with Crippen LogP contribution in [-0.2, 0) is 4.74 Å². The topological polar surface area (TPSA) is 35.2 Å². The SMILES string of the molecule is CCCCC(C)(N)CCOC. The first-order chi connectivity index (χ1) is 5.12. The number of nitrogens with two attached hydrogens (primary N) is 1. The number of hydrogen-bond acceptors (Lipinski definition) is 2. The standard InChI is InChI=1S/C9H21NO/c1-4-5-6-9(2,10)7-8-11-3/h4-8,10H2,1-3H3. The molecule has 2 N–H and O–H groups in total. The van der Waals surface area contributed by atoms with E-state index < -0.39 is 0 Å². The van der Waals surface area contributed by atoms with Gasteiger partial charge >= 0.3 is 0 Å². The molecular formula is C9H21NO. The Labute approximate surface area is 70.1 Å². The third-order valence-corrected chi connectivity index (χ3v) is 1.98. The van der Waals surface area contributed by atoms with Crippen molar-refractivity contribution in [2.75, 3.05) is 13.7 Å². The average molecular weight is 159 g/mol. The molecule has 1 atom stereocenters. The Kier molecular flexibility index (Phi) is 5.51. The van der Waals surface area contributed by atoms with E-state index in [-0.39, 0.29) is 5.54 Å². The van der Waals surface area contributed by atoms with Gasteiger partial charge in [-0.05, 0) is 19.8 Å². The summed E-state index contributed by atoms with van der Waals surface area (Å²) in [4.78, 5) is 0. The Morgan fingerprint density at radius 3 is 2.45 bits per heavy atom. The maximum absolute atomic E-state index is 6.01. The van der Waals surface area contributed by atoms with Gasteiger partial charge in [-0.1, -0.05) is 19.8 Å². The monoisotopic (exact) mass is 159 g/mol. The van der Waals surface area contributed by atoms with Crippen molar-refractivity contribution >= 4 is 0 Å². The molecule has 0 bridgehead atoms. The molecule has 0 fully saturated rings. The average Bonchev–Trinajstić information content (AvgIpc) is 1.97. The number of hydrogen-bond donors (Lipinski definition) is 1. The lowest BCUT2D eigenvalue weighted by Gasteiger charge is -2.23. The van der Waals surface area contributed by atoms with Gasteiger partial charge in [0.1, 0.15) is 0 Å². The zero-order valence-electron chi connectivity index (χ0n) is 8.02. The summed E-state index contributed by atoms with van der Waals surface area (Å²) >= 11 is 0. The Morgan fingerprint density at radius 1 is 1.36 bits per heavy atom. The van der Waals surface area contributed by atoms with E-state index in [1.807, 2.05) is 0 Å². The van der Waals surface area contributed by atoms with Crippen molar-refractivity contribution in [1.82, 2.24) is 0 Å². The van der Waals surface area contributed by atoms with Crippen LogP contribution in [0.25, 0.3) is 0 Å². The minimum absolute atomic E-state index is 0.0218. The second-order valence-corrected chi connectivity index (χ2v) is 3.50. The Balaban J connectivity index is 3.43. The molecular weight excluding hydrogens is 138 g/mol. The van der Waals surface area contributed by atoms with Gasteiger partial charge in [0.25, 0.3) is 0 Å². The van der Waals surface area contributed by atoms with Gasteiger partial charge in [-0.25, -0.2) is 0 Å². The van der Waals surface area contributed by atoms with Crippen LogP contribution in [0.2, 0.25) is 0 Å². The second kappa shape index (κ2) is 5.56. The van der Waals surface area contributed by atoms with E-state index in [1.54, 1.807) is 7.11 Å². The molecule has 0 spiro atoms. The summed E-state index contributed by atoms with van der Waals surface area (Å²) < 4.78 is 4.98. The molecule has 68 valence electrons. The third kappa shape index (κ3) is 6.32. The Hall–Kier alpha value is -0.0800. The molecule has 0 rings (SSSR count). The van der Waals surface area contributed by atoms with Crippen LogP contribution >= 0.6 is 0 Å². The maximum atomic E-state index is 6.01. The van der Waals surface area contributed by atoms with Gasteiger partial charge in [0, 0.05) is 19.3 Å². The normalized spacial score (nSPS) is 16.4. The second-order valence-electron chi connectivity index (χ2n) is 3.50. The van der Waals surface area contributed by atoms with Crippen molar-refractivity contribution in [2.24, 2.45) is 5.73 Å². The zero-order valence-corrected chi connectivity index (χ0v) is 8.02. The first-order valence-electron chi connectivity index (χ1n) is 4.40. The van der Waals surface area contributed by atoms with Gasteiger partial charge in [-0.15, -0.1) is 0 Å². The minimum atomic E-state index is -0.0218. The van der Waals surface area contributed by atoms with Crippen LogP contribution in [0.5, 0.6) is 0 Å². The van der Waals surface area contributed by atoms with E-state index in [4.69, 9.17) is 10.5 Å². The van der Waals surface area contributed by atoms with Crippen LogP contribution in [0.1, 0.15) is 39.5 Å². The fourth-order valence-electron chi connectivity index (χ4n) is 1.04. The molecule has 0 amide bonds. The number of rotatable bonds is 6. The van der Waals surface area contributed by atoms with E-state index in [9.17, 15) is 0 Å². The smallest absolute Gasteiger partial charge is 0.0479 e. The number of unbranched alkanes of at least 4 members (excludes halogenated alkanes) is 1. The molecule has 11 heavy (non-hydrogen) atoms. The highest BCUT2D eigenvalue weighted by Gasteiger charge is 2.16. The van der Waals surface area contributed by atoms with Crippen molar-refractivity contribution < 1.29 is 4.74 Å². The predicted molar refractivity (Wildman–Crippen MR) is 48.6 cm³/mol.